The van der Waals surface area contributed by atoms with Crippen LogP contribution in [0.1, 0.15) is 57.1 Å². The summed E-state index contributed by atoms with van der Waals surface area (Å²) in [5.41, 5.74) is 3.98. The molecule has 1 saturated carbocycles. The van der Waals surface area contributed by atoms with Crippen LogP contribution in [0.15, 0.2) is 48.5 Å². The zero-order valence-corrected chi connectivity index (χ0v) is 19.8. The topological polar surface area (TPSA) is 105 Å². The summed E-state index contributed by atoms with van der Waals surface area (Å²) >= 11 is 0. The number of ether oxygens (including phenoxy) is 1. The van der Waals surface area contributed by atoms with E-state index in [4.69, 9.17) is 4.74 Å². The van der Waals surface area contributed by atoms with Crippen LogP contribution in [0.4, 0.5) is 4.79 Å². The van der Waals surface area contributed by atoms with Crippen molar-refractivity contribution in [3.05, 3.63) is 59.7 Å². The molecule has 2 aromatic rings. The third-order valence-electron chi connectivity index (χ3n) is 6.86. The standard InChI is InChI=1S/C27H32N2O5/c1-27(2,3)23(24(30)28-17-13-12-16(14-17)25(31)32)29-26(33)34-15-22-20-10-6-4-8-18(20)19-9-5-7-11-21(19)22/h4-11,16-17,22-23H,12-15H2,1-3H3,(H,28,30)(H,29,33)(H,31,32)/t16-,17+,23-/m0/s1. The van der Waals surface area contributed by atoms with Crippen molar-refractivity contribution in [3.63, 3.8) is 0 Å². The predicted molar refractivity (Wildman–Crippen MR) is 128 cm³/mol. The van der Waals surface area contributed by atoms with Gasteiger partial charge in [-0.05, 0) is 46.9 Å². The van der Waals surface area contributed by atoms with E-state index >= 15 is 0 Å². The first-order valence-corrected chi connectivity index (χ1v) is 11.8. The minimum atomic E-state index is -0.833. The van der Waals surface area contributed by atoms with E-state index in [1.807, 2.05) is 45.0 Å². The molecular weight excluding hydrogens is 432 g/mol. The highest BCUT2D eigenvalue weighted by atomic mass is 16.5. The molecule has 0 heterocycles. The molecule has 0 bridgehead atoms. The van der Waals surface area contributed by atoms with Crippen molar-refractivity contribution < 1.29 is 24.2 Å². The summed E-state index contributed by atoms with van der Waals surface area (Å²) in [6.07, 6.45) is 0.917. The lowest BCUT2D eigenvalue weighted by atomic mass is 9.86. The number of hydrogen-bond acceptors (Lipinski definition) is 4. The van der Waals surface area contributed by atoms with Gasteiger partial charge in [0.1, 0.15) is 12.6 Å². The molecule has 2 aliphatic carbocycles. The minimum Gasteiger partial charge on any atom is -0.481 e. The van der Waals surface area contributed by atoms with Crippen molar-refractivity contribution in [2.24, 2.45) is 11.3 Å². The molecule has 0 saturated heterocycles. The third kappa shape index (κ3) is 4.93. The molecule has 3 atom stereocenters. The monoisotopic (exact) mass is 464 g/mol. The van der Waals surface area contributed by atoms with Gasteiger partial charge in [-0.15, -0.1) is 0 Å². The number of rotatable bonds is 6. The average Bonchev–Trinajstić information content (AvgIpc) is 3.38. The maximum absolute atomic E-state index is 13.0. The zero-order chi connectivity index (χ0) is 24.5. The lowest BCUT2D eigenvalue weighted by Crippen LogP contribution is -2.55. The number of amides is 2. The van der Waals surface area contributed by atoms with Gasteiger partial charge in [-0.1, -0.05) is 69.3 Å². The van der Waals surface area contributed by atoms with E-state index in [2.05, 4.69) is 34.9 Å². The maximum atomic E-state index is 13.0. The van der Waals surface area contributed by atoms with Crippen LogP contribution in [-0.2, 0) is 14.3 Å². The first-order chi connectivity index (χ1) is 16.1. The van der Waals surface area contributed by atoms with Crippen LogP contribution in [-0.4, -0.2) is 41.8 Å². The summed E-state index contributed by atoms with van der Waals surface area (Å²) in [5.74, 6) is -1.65. The number of alkyl carbamates (subject to hydrolysis) is 1. The minimum absolute atomic E-state index is 0.0634. The summed E-state index contributed by atoms with van der Waals surface area (Å²) in [5, 5.41) is 14.9. The van der Waals surface area contributed by atoms with Crippen LogP contribution in [0.3, 0.4) is 0 Å². The number of aliphatic carboxylic acids is 1. The van der Waals surface area contributed by atoms with Gasteiger partial charge in [0.25, 0.3) is 0 Å². The van der Waals surface area contributed by atoms with Crippen molar-refractivity contribution in [2.45, 2.75) is 58.0 Å². The van der Waals surface area contributed by atoms with Gasteiger partial charge in [-0.25, -0.2) is 4.79 Å². The number of carboxylic acid groups (broad SMARTS) is 1. The second-order valence-corrected chi connectivity index (χ2v) is 10.3. The molecule has 7 heteroatoms. The molecule has 2 aliphatic rings. The first-order valence-electron chi connectivity index (χ1n) is 11.8. The molecule has 0 radical (unpaired) electrons. The summed E-state index contributed by atoms with van der Waals surface area (Å²) in [4.78, 5) is 37.0. The van der Waals surface area contributed by atoms with Gasteiger partial charge >= 0.3 is 12.1 Å². The Balaban J connectivity index is 1.39. The lowest BCUT2D eigenvalue weighted by Gasteiger charge is -2.31. The second-order valence-electron chi connectivity index (χ2n) is 10.3. The fraction of sp³-hybridized carbons (Fsp3) is 0.444. The van der Waals surface area contributed by atoms with E-state index in [1.54, 1.807) is 0 Å². The van der Waals surface area contributed by atoms with Crippen LogP contribution in [0.2, 0.25) is 0 Å². The number of hydrogen-bond donors (Lipinski definition) is 3. The van der Waals surface area contributed by atoms with Crippen LogP contribution in [0.5, 0.6) is 0 Å². The molecule has 1 fully saturated rings. The molecule has 0 unspecified atom stereocenters. The molecule has 2 amide bonds. The maximum Gasteiger partial charge on any atom is 0.407 e. The van der Waals surface area contributed by atoms with Crippen LogP contribution >= 0.6 is 0 Å². The van der Waals surface area contributed by atoms with Gasteiger partial charge < -0.3 is 20.5 Å². The molecule has 0 aliphatic heterocycles. The fourth-order valence-corrected chi connectivity index (χ4v) is 5.05. The Labute approximate surface area is 199 Å². The van der Waals surface area contributed by atoms with E-state index < -0.39 is 29.4 Å². The highest BCUT2D eigenvalue weighted by Gasteiger charge is 2.37. The Morgan fingerprint density at radius 1 is 1.00 bits per heavy atom. The zero-order valence-electron chi connectivity index (χ0n) is 19.8. The van der Waals surface area contributed by atoms with E-state index in [1.165, 1.54) is 0 Å². The Hall–Kier alpha value is -3.35. The first kappa shape index (κ1) is 23.8. The number of nitrogens with one attached hydrogen (secondary N) is 2. The summed E-state index contributed by atoms with van der Waals surface area (Å²) < 4.78 is 5.63. The van der Waals surface area contributed by atoms with Gasteiger partial charge in [-0.3, -0.25) is 9.59 Å². The fourth-order valence-electron chi connectivity index (χ4n) is 5.05. The van der Waals surface area contributed by atoms with Gasteiger partial charge in [0.05, 0.1) is 5.92 Å². The van der Waals surface area contributed by atoms with Crippen molar-refractivity contribution in [2.75, 3.05) is 6.61 Å². The summed E-state index contributed by atoms with van der Waals surface area (Å²) in [6.45, 7) is 5.78. The van der Waals surface area contributed by atoms with Gasteiger partial charge in [0.2, 0.25) is 5.91 Å². The molecule has 0 spiro atoms. The second kappa shape index (κ2) is 9.49. The number of carboxylic acids is 1. The normalized spacial score (nSPS) is 20.2. The Morgan fingerprint density at radius 2 is 1.59 bits per heavy atom. The highest BCUT2D eigenvalue weighted by Crippen LogP contribution is 2.44. The van der Waals surface area contributed by atoms with Crippen LogP contribution < -0.4 is 10.6 Å². The number of benzene rings is 2. The Morgan fingerprint density at radius 3 is 2.12 bits per heavy atom. The highest BCUT2D eigenvalue weighted by molar-refractivity contribution is 5.87. The van der Waals surface area contributed by atoms with Gasteiger partial charge in [0.15, 0.2) is 0 Å². The number of carbonyl (C=O) groups is 3. The van der Waals surface area contributed by atoms with Crippen molar-refractivity contribution >= 4 is 18.0 Å². The Kier molecular flexibility index (Phi) is 6.64. The number of fused-ring (bicyclic) bond motifs is 3. The SMILES string of the molecule is CC(C)(C)[C@@H](NC(=O)OCC1c2ccccc2-c2ccccc21)C(=O)N[C@@H]1CC[C@H](C(=O)O)C1. The molecule has 4 rings (SSSR count). The van der Waals surface area contributed by atoms with Gasteiger partial charge in [0, 0.05) is 12.0 Å². The quantitative estimate of drug-likeness (QED) is 0.591. The summed E-state index contributed by atoms with van der Waals surface area (Å²) in [7, 11) is 0. The van der Waals surface area contributed by atoms with Crippen molar-refractivity contribution in [3.8, 4) is 11.1 Å². The van der Waals surface area contributed by atoms with Crippen molar-refractivity contribution in [1.29, 1.82) is 0 Å². The molecule has 2 aromatic carbocycles. The Bertz CT molecular complexity index is 1040. The molecular formula is C27H32N2O5. The molecule has 0 aromatic heterocycles. The van der Waals surface area contributed by atoms with Crippen LogP contribution in [0.25, 0.3) is 11.1 Å². The predicted octanol–water partition coefficient (Wildman–Crippen LogP) is 4.31. The van der Waals surface area contributed by atoms with Crippen LogP contribution in [0, 0.1) is 11.3 Å². The molecule has 180 valence electrons. The van der Waals surface area contributed by atoms with Crippen molar-refractivity contribution in [1.82, 2.24) is 10.6 Å². The van der Waals surface area contributed by atoms with E-state index in [0.29, 0.717) is 19.3 Å². The molecule has 34 heavy (non-hydrogen) atoms. The smallest absolute Gasteiger partial charge is 0.407 e. The summed E-state index contributed by atoms with van der Waals surface area (Å²) in [6, 6.07) is 15.2. The van der Waals surface area contributed by atoms with E-state index in [0.717, 1.165) is 22.3 Å². The largest absolute Gasteiger partial charge is 0.481 e. The van der Waals surface area contributed by atoms with E-state index in [9.17, 15) is 19.5 Å². The lowest BCUT2D eigenvalue weighted by molar-refractivity contribution is -0.141. The third-order valence-corrected chi connectivity index (χ3v) is 6.86. The molecule has 3 N–H and O–H groups in total. The number of carbonyl (C=O) groups excluding carboxylic acids is 2. The average molecular weight is 465 g/mol. The van der Waals surface area contributed by atoms with Gasteiger partial charge in [-0.2, -0.15) is 0 Å². The van der Waals surface area contributed by atoms with E-state index in [-0.39, 0.29) is 24.5 Å². The molecule has 7 nitrogen and oxygen atoms in total.